The van der Waals surface area contributed by atoms with E-state index < -0.39 is 17.8 Å². The van der Waals surface area contributed by atoms with E-state index in [4.69, 9.17) is 5.11 Å². The van der Waals surface area contributed by atoms with Gasteiger partial charge in [0.05, 0.1) is 11.8 Å². The highest BCUT2D eigenvalue weighted by Gasteiger charge is 2.35. The molecule has 0 saturated carbocycles. The van der Waals surface area contributed by atoms with Crippen LogP contribution < -0.4 is 0 Å². The predicted octanol–water partition coefficient (Wildman–Crippen LogP) is 1.77. The summed E-state index contributed by atoms with van der Waals surface area (Å²) in [6.45, 7) is 4.75. The number of hydrogen-bond donors (Lipinski definition) is 1. The Bertz CT molecular complexity index is 323. The Labute approximate surface area is 102 Å². The molecular weight excluding hydrogens is 218 g/mol. The minimum atomic E-state index is -0.870. The zero-order valence-corrected chi connectivity index (χ0v) is 10.7. The van der Waals surface area contributed by atoms with Gasteiger partial charge in [-0.1, -0.05) is 26.0 Å². The molecule has 1 aliphatic carbocycles. The Morgan fingerprint density at radius 2 is 1.82 bits per heavy atom. The second-order valence-corrected chi connectivity index (χ2v) is 5.11. The van der Waals surface area contributed by atoms with Crippen LogP contribution in [0.1, 0.15) is 26.7 Å². The van der Waals surface area contributed by atoms with E-state index in [1.54, 1.807) is 11.9 Å². The third-order valence-corrected chi connectivity index (χ3v) is 3.08. The summed E-state index contributed by atoms with van der Waals surface area (Å²) in [7, 11) is 1.75. The SMILES string of the molecule is CC(C)CN(C)C(=O)[C@@H]1CC=CC[C@@H]1C(=O)O. The van der Waals surface area contributed by atoms with Crippen molar-refractivity contribution in [3.8, 4) is 0 Å². The maximum absolute atomic E-state index is 12.2. The summed E-state index contributed by atoms with van der Waals surface area (Å²) in [4.78, 5) is 24.9. The van der Waals surface area contributed by atoms with Crippen molar-refractivity contribution >= 4 is 11.9 Å². The van der Waals surface area contributed by atoms with E-state index in [0.29, 0.717) is 25.3 Å². The fraction of sp³-hybridized carbons (Fsp3) is 0.692. The Kier molecular flexibility index (Phi) is 4.73. The van der Waals surface area contributed by atoms with Gasteiger partial charge < -0.3 is 10.0 Å². The molecule has 0 aromatic heterocycles. The number of carbonyl (C=O) groups excluding carboxylic acids is 1. The van der Waals surface area contributed by atoms with Gasteiger partial charge in [-0.2, -0.15) is 0 Å². The highest BCUT2D eigenvalue weighted by Crippen LogP contribution is 2.27. The Morgan fingerprint density at radius 1 is 1.29 bits per heavy atom. The normalized spacial score (nSPS) is 23.8. The third-order valence-electron chi connectivity index (χ3n) is 3.08. The second kappa shape index (κ2) is 5.84. The van der Waals surface area contributed by atoms with E-state index in [9.17, 15) is 9.59 Å². The lowest BCUT2D eigenvalue weighted by atomic mass is 9.82. The molecule has 0 spiro atoms. The highest BCUT2D eigenvalue weighted by molar-refractivity contribution is 5.85. The summed E-state index contributed by atoms with van der Waals surface area (Å²) in [6, 6.07) is 0. The van der Waals surface area contributed by atoms with Crippen LogP contribution in [0.4, 0.5) is 0 Å². The highest BCUT2D eigenvalue weighted by atomic mass is 16.4. The summed E-state index contributed by atoms with van der Waals surface area (Å²) >= 11 is 0. The molecule has 0 aromatic carbocycles. The molecule has 0 fully saturated rings. The lowest BCUT2D eigenvalue weighted by Crippen LogP contribution is -2.41. The Morgan fingerprint density at radius 3 is 2.29 bits per heavy atom. The molecule has 2 atom stereocenters. The summed E-state index contributed by atoms with van der Waals surface area (Å²) in [5.41, 5.74) is 0. The topological polar surface area (TPSA) is 57.6 Å². The van der Waals surface area contributed by atoms with Crippen LogP contribution in [-0.2, 0) is 9.59 Å². The van der Waals surface area contributed by atoms with E-state index in [-0.39, 0.29) is 5.91 Å². The van der Waals surface area contributed by atoms with Crippen molar-refractivity contribution in [3.05, 3.63) is 12.2 Å². The van der Waals surface area contributed by atoms with Gasteiger partial charge >= 0.3 is 5.97 Å². The first-order valence-corrected chi connectivity index (χ1v) is 6.06. The molecule has 0 bridgehead atoms. The number of carboxylic acid groups (broad SMARTS) is 1. The number of allylic oxidation sites excluding steroid dienone is 2. The first kappa shape index (κ1) is 13.7. The second-order valence-electron chi connectivity index (χ2n) is 5.11. The number of nitrogens with zero attached hydrogens (tertiary/aromatic N) is 1. The van der Waals surface area contributed by atoms with E-state index in [2.05, 4.69) is 0 Å². The number of hydrogen-bond acceptors (Lipinski definition) is 2. The van der Waals surface area contributed by atoms with Crippen LogP contribution in [0.2, 0.25) is 0 Å². The van der Waals surface area contributed by atoms with Crippen LogP contribution in [0.3, 0.4) is 0 Å². The molecule has 0 saturated heterocycles. The number of amides is 1. The van der Waals surface area contributed by atoms with Crippen molar-refractivity contribution in [1.82, 2.24) is 4.90 Å². The van der Waals surface area contributed by atoms with Gasteiger partial charge in [0, 0.05) is 13.6 Å². The lowest BCUT2D eigenvalue weighted by Gasteiger charge is -2.29. The van der Waals surface area contributed by atoms with E-state index in [0.717, 1.165) is 0 Å². The fourth-order valence-corrected chi connectivity index (χ4v) is 2.28. The monoisotopic (exact) mass is 239 g/mol. The quantitative estimate of drug-likeness (QED) is 0.761. The van der Waals surface area contributed by atoms with Crippen LogP contribution >= 0.6 is 0 Å². The van der Waals surface area contributed by atoms with Crippen LogP contribution in [0, 0.1) is 17.8 Å². The van der Waals surface area contributed by atoms with Gasteiger partial charge in [0.15, 0.2) is 0 Å². The molecule has 1 N–H and O–H groups in total. The van der Waals surface area contributed by atoms with Crippen molar-refractivity contribution in [1.29, 1.82) is 0 Å². The average Bonchev–Trinajstić information content (AvgIpc) is 2.27. The molecule has 1 amide bonds. The third kappa shape index (κ3) is 3.58. The van der Waals surface area contributed by atoms with Crippen LogP contribution in [0.5, 0.6) is 0 Å². The molecule has 0 aromatic rings. The molecule has 96 valence electrons. The van der Waals surface area contributed by atoms with E-state index in [1.807, 2.05) is 26.0 Å². The Balaban J connectivity index is 2.72. The minimum absolute atomic E-state index is 0.0459. The van der Waals surface area contributed by atoms with Crippen molar-refractivity contribution < 1.29 is 14.7 Å². The maximum Gasteiger partial charge on any atom is 0.307 e. The molecule has 1 aliphatic rings. The molecule has 0 radical (unpaired) electrons. The molecule has 4 nitrogen and oxygen atoms in total. The predicted molar refractivity (Wildman–Crippen MR) is 65.5 cm³/mol. The van der Waals surface area contributed by atoms with Gasteiger partial charge in [0.2, 0.25) is 5.91 Å². The zero-order valence-electron chi connectivity index (χ0n) is 10.7. The molecule has 1 rings (SSSR count). The fourth-order valence-electron chi connectivity index (χ4n) is 2.28. The van der Waals surface area contributed by atoms with E-state index >= 15 is 0 Å². The molecule has 0 unspecified atom stereocenters. The summed E-state index contributed by atoms with van der Waals surface area (Å²) in [6.07, 6.45) is 4.76. The van der Waals surface area contributed by atoms with Crippen LogP contribution in [0.15, 0.2) is 12.2 Å². The molecule has 17 heavy (non-hydrogen) atoms. The largest absolute Gasteiger partial charge is 0.481 e. The average molecular weight is 239 g/mol. The smallest absolute Gasteiger partial charge is 0.307 e. The van der Waals surface area contributed by atoms with Gasteiger partial charge in [-0.3, -0.25) is 9.59 Å². The molecular formula is C13H21NO3. The number of rotatable bonds is 4. The molecule has 0 heterocycles. The Hall–Kier alpha value is -1.32. The number of carbonyl (C=O) groups is 2. The van der Waals surface area contributed by atoms with Gasteiger partial charge in [-0.05, 0) is 18.8 Å². The molecule has 0 aliphatic heterocycles. The van der Waals surface area contributed by atoms with Crippen molar-refractivity contribution in [3.63, 3.8) is 0 Å². The zero-order chi connectivity index (χ0) is 13.0. The van der Waals surface area contributed by atoms with Crippen LogP contribution in [-0.4, -0.2) is 35.5 Å². The standard InChI is InChI=1S/C13H21NO3/c1-9(2)8-14(3)12(15)10-6-4-5-7-11(10)13(16)17/h4-5,9-11H,6-8H2,1-3H3,(H,16,17)/t10-,11+/m1/s1. The van der Waals surface area contributed by atoms with Crippen LogP contribution in [0.25, 0.3) is 0 Å². The summed E-state index contributed by atoms with van der Waals surface area (Å²) < 4.78 is 0. The number of aliphatic carboxylic acids is 1. The molecule has 4 heteroatoms. The van der Waals surface area contributed by atoms with Crippen molar-refractivity contribution in [2.24, 2.45) is 17.8 Å². The van der Waals surface area contributed by atoms with Crippen molar-refractivity contribution in [2.45, 2.75) is 26.7 Å². The van der Waals surface area contributed by atoms with Gasteiger partial charge in [-0.25, -0.2) is 0 Å². The van der Waals surface area contributed by atoms with E-state index in [1.165, 1.54) is 0 Å². The van der Waals surface area contributed by atoms with Gasteiger partial charge in [0.25, 0.3) is 0 Å². The van der Waals surface area contributed by atoms with Gasteiger partial charge in [-0.15, -0.1) is 0 Å². The minimum Gasteiger partial charge on any atom is -0.481 e. The lowest BCUT2D eigenvalue weighted by molar-refractivity contribution is -0.150. The summed E-state index contributed by atoms with van der Waals surface area (Å²) in [5, 5.41) is 9.12. The first-order valence-electron chi connectivity index (χ1n) is 6.06. The summed E-state index contributed by atoms with van der Waals surface area (Å²) in [5.74, 6) is -1.49. The van der Waals surface area contributed by atoms with Crippen molar-refractivity contribution in [2.75, 3.05) is 13.6 Å². The maximum atomic E-state index is 12.2. The first-order chi connectivity index (χ1) is 7.93. The van der Waals surface area contributed by atoms with Gasteiger partial charge in [0.1, 0.15) is 0 Å². The number of carboxylic acids is 1.